The number of hydrogen-bond acceptors (Lipinski definition) is 15. The fourth-order valence-corrected chi connectivity index (χ4v) is 11.8. The van der Waals surface area contributed by atoms with Gasteiger partial charge in [-0.25, -0.2) is 0 Å². The van der Waals surface area contributed by atoms with Gasteiger partial charge in [0.2, 0.25) is 0 Å². The zero-order valence-electron chi connectivity index (χ0n) is 30.7. The molecule has 4 saturated carbocycles. The minimum Gasteiger partial charge on any atom is -0.469 e. The number of aliphatic hydroxyl groups excluding tert-OH is 9. The van der Waals surface area contributed by atoms with Gasteiger partial charge < -0.3 is 69.6 Å². The molecule has 9 N–H and O–H groups in total. The average molecular weight is 747 g/mol. The summed E-state index contributed by atoms with van der Waals surface area (Å²) >= 11 is 0. The van der Waals surface area contributed by atoms with E-state index < -0.39 is 98.4 Å². The second-order valence-electron chi connectivity index (χ2n) is 17.2. The molecule has 2 aliphatic heterocycles. The summed E-state index contributed by atoms with van der Waals surface area (Å²) in [5, 5.41) is 95.2. The highest BCUT2D eigenvalue weighted by Crippen LogP contribution is 2.69. The molecule has 0 spiro atoms. The number of fused-ring (bicyclic) bond motifs is 5. The molecule has 0 aromatic rings. The van der Waals surface area contributed by atoms with E-state index in [4.69, 9.17) is 23.7 Å². The number of aliphatic hydroxyl groups is 9. The lowest BCUT2D eigenvalue weighted by atomic mass is 9.43. The van der Waals surface area contributed by atoms with Crippen LogP contribution in [0.25, 0.3) is 0 Å². The van der Waals surface area contributed by atoms with Gasteiger partial charge in [0.05, 0.1) is 38.6 Å². The van der Waals surface area contributed by atoms with E-state index in [1.54, 1.807) is 0 Å². The van der Waals surface area contributed by atoms with E-state index in [0.29, 0.717) is 32.1 Å². The maximum Gasteiger partial charge on any atom is 0.305 e. The Hall–Kier alpha value is -1.05. The molecule has 6 aliphatic rings. The second-order valence-corrected chi connectivity index (χ2v) is 17.2. The van der Waals surface area contributed by atoms with Crippen molar-refractivity contribution in [3.8, 4) is 0 Å². The minimum atomic E-state index is -1.61. The summed E-state index contributed by atoms with van der Waals surface area (Å²) in [6.45, 7) is 5.35. The van der Waals surface area contributed by atoms with Gasteiger partial charge >= 0.3 is 5.97 Å². The molecule has 6 rings (SSSR count). The Morgan fingerprint density at radius 2 is 1.37 bits per heavy atom. The van der Waals surface area contributed by atoms with Crippen molar-refractivity contribution in [1.29, 1.82) is 0 Å². The van der Waals surface area contributed by atoms with Crippen molar-refractivity contribution in [1.82, 2.24) is 0 Å². The Morgan fingerprint density at radius 3 is 1.94 bits per heavy atom. The van der Waals surface area contributed by atoms with Crippen molar-refractivity contribution >= 4 is 5.97 Å². The van der Waals surface area contributed by atoms with Crippen LogP contribution >= 0.6 is 0 Å². The highest BCUT2D eigenvalue weighted by atomic mass is 16.7. The van der Waals surface area contributed by atoms with Crippen LogP contribution in [0, 0.1) is 46.3 Å². The molecule has 0 unspecified atom stereocenters. The normalized spacial score (nSPS) is 52.6. The van der Waals surface area contributed by atoms with Gasteiger partial charge in [0.15, 0.2) is 12.6 Å². The summed E-state index contributed by atoms with van der Waals surface area (Å²) in [4.78, 5) is 12.2. The lowest BCUT2D eigenvalue weighted by Crippen LogP contribution is -2.66. The van der Waals surface area contributed by atoms with Crippen LogP contribution < -0.4 is 0 Å². The number of carbonyl (C=O) groups excluding carboxylic acids is 1. The number of methoxy groups -OCH3 is 1. The summed E-state index contributed by atoms with van der Waals surface area (Å²) in [5.41, 5.74) is -0.851. The maximum absolute atomic E-state index is 12.2. The number of rotatable bonds is 10. The van der Waals surface area contributed by atoms with Gasteiger partial charge in [0.1, 0.15) is 48.8 Å². The Morgan fingerprint density at radius 1 is 0.769 bits per heavy atom. The Balaban J connectivity index is 1.39. The summed E-state index contributed by atoms with van der Waals surface area (Å²) in [6, 6.07) is 0. The van der Waals surface area contributed by atoms with Gasteiger partial charge in [-0.05, 0) is 92.3 Å². The van der Waals surface area contributed by atoms with Crippen LogP contribution in [0.3, 0.4) is 0 Å². The molecule has 300 valence electrons. The molecule has 2 saturated heterocycles. The van der Waals surface area contributed by atoms with Gasteiger partial charge in [-0.3, -0.25) is 4.79 Å². The van der Waals surface area contributed by atoms with Gasteiger partial charge in [-0.1, -0.05) is 20.8 Å². The van der Waals surface area contributed by atoms with Crippen LogP contribution in [-0.4, -0.2) is 152 Å². The number of esters is 1. The molecule has 0 aromatic carbocycles. The van der Waals surface area contributed by atoms with Gasteiger partial charge in [-0.15, -0.1) is 0 Å². The fraction of sp³-hybridized carbons (Fsp3) is 0.973. The summed E-state index contributed by atoms with van der Waals surface area (Å²) < 4.78 is 30.2. The lowest BCUT2D eigenvalue weighted by Gasteiger charge is -2.65. The van der Waals surface area contributed by atoms with Crippen LogP contribution in [0.1, 0.15) is 78.6 Å². The van der Waals surface area contributed by atoms with Gasteiger partial charge in [-0.2, -0.15) is 0 Å². The van der Waals surface area contributed by atoms with E-state index in [1.165, 1.54) is 7.11 Å². The molecule has 0 aromatic heterocycles. The average Bonchev–Trinajstić information content (AvgIpc) is 3.49. The van der Waals surface area contributed by atoms with Crippen LogP contribution in [0.2, 0.25) is 0 Å². The van der Waals surface area contributed by atoms with Crippen LogP contribution in [0.5, 0.6) is 0 Å². The van der Waals surface area contributed by atoms with E-state index in [1.807, 2.05) is 0 Å². The number of carbonyl (C=O) groups is 1. The number of ether oxygens (including phenoxy) is 5. The molecular formula is C37H62O15. The molecule has 2 heterocycles. The summed E-state index contributed by atoms with van der Waals surface area (Å²) in [7, 11) is 1.36. The Kier molecular flexibility index (Phi) is 12.4. The quantitative estimate of drug-likeness (QED) is 0.0980. The molecule has 52 heavy (non-hydrogen) atoms. The predicted octanol–water partition coefficient (Wildman–Crippen LogP) is -0.814. The minimum absolute atomic E-state index is 0.0147. The van der Waals surface area contributed by atoms with E-state index in [9.17, 15) is 50.8 Å². The van der Waals surface area contributed by atoms with Crippen LogP contribution in [-0.2, 0) is 28.5 Å². The Bertz CT molecular complexity index is 1220. The molecular weight excluding hydrogens is 684 g/mol. The third-order valence-corrected chi connectivity index (χ3v) is 14.8. The van der Waals surface area contributed by atoms with Crippen molar-refractivity contribution < 1.29 is 74.4 Å². The molecule has 0 radical (unpaired) electrons. The first-order valence-corrected chi connectivity index (χ1v) is 19.3. The summed E-state index contributed by atoms with van der Waals surface area (Å²) in [5.74, 6) is -0.417. The molecule has 4 aliphatic carbocycles. The third-order valence-electron chi connectivity index (χ3n) is 14.8. The van der Waals surface area contributed by atoms with E-state index in [0.717, 1.165) is 19.3 Å². The first-order valence-electron chi connectivity index (χ1n) is 19.3. The standard InChI is InChI=1S/C37H62O15/c1-16(5-8-26(41)48-4)19-6-7-20-27-21(13-25(37(19,20)3)52-35-33(47)31(45)29(43)24(15-39)51-35)36(2)10-9-18(40)11-17(36)12-22(27)49-34-32(46)30(44)28(42)23(14-38)50-34/h16-25,27-35,38-40,42-47H,5-15H2,1-4H3/t16-,17+,18-,19-,20+,21+,22-,23-,24-,25+,27+,28-,29-,30+,31+,32-,33-,34+,35-,36+,37-/m1/s1. The van der Waals surface area contributed by atoms with Crippen molar-refractivity contribution in [2.24, 2.45) is 46.3 Å². The Labute approximate surface area is 305 Å². The first-order chi connectivity index (χ1) is 24.6. The largest absolute Gasteiger partial charge is 0.469 e. The van der Waals surface area contributed by atoms with E-state index in [2.05, 4.69) is 20.8 Å². The predicted molar refractivity (Wildman–Crippen MR) is 180 cm³/mol. The zero-order chi connectivity index (χ0) is 37.9. The van der Waals surface area contributed by atoms with E-state index in [-0.39, 0.29) is 53.3 Å². The van der Waals surface area contributed by atoms with Crippen molar-refractivity contribution in [2.45, 2.75) is 158 Å². The molecule has 0 bridgehead atoms. The monoisotopic (exact) mass is 746 g/mol. The maximum atomic E-state index is 12.2. The van der Waals surface area contributed by atoms with Crippen LogP contribution in [0.4, 0.5) is 0 Å². The van der Waals surface area contributed by atoms with E-state index >= 15 is 0 Å². The van der Waals surface area contributed by atoms with Gasteiger partial charge in [0, 0.05) is 11.8 Å². The number of hydrogen-bond donors (Lipinski definition) is 9. The first kappa shape index (κ1) is 40.6. The molecule has 6 fully saturated rings. The zero-order valence-corrected chi connectivity index (χ0v) is 30.7. The third kappa shape index (κ3) is 6.98. The highest BCUT2D eigenvalue weighted by Gasteiger charge is 2.68. The molecule has 15 heteroatoms. The van der Waals surface area contributed by atoms with Gasteiger partial charge in [0.25, 0.3) is 0 Å². The SMILES string of the molecule is COC(=O)CC[C@@H](C)[C@H]1CC[C@H]2[C@@H]3[C@H](O[C@H]4O[C@H](CO)[C@@H](O)[C@H](O)[C@H]4O)C[C@@H]4C[C@H](O)CC[C@]4(C)[C@H]3C[C@H](O[C@H]3O[C@H](CO)[C@@H](O)[C@H](O)[C@H]3O)[C@]12C. The summed E-state index contributed by atoms with van der Waals surface area (Å²) in [6.07, 6.45) is -10.6. The van der Waals surface area contributed by atoms with Crippen LogP contribution in [0.15, 0.2) is 0 Å². The highest BCUT2D eigenvalue weighted by molar-refractivity contribution is 5.69. The van der Waals surface area contributed by atoms with Crippen molar-refractivity contribution in [3.05, 3.63) is 0 Å². The second kappa shape index (κ2) is 15.8. The molecule has 21 atom stereocenters. The van der Waals surface area contributed by atoms with Crippen molar-refractivity contribution in [3.63, 3.8) is 0 Å². The molecule has 0 amide bonds. The van der Waals surface area contributed by atoms with Crippen molar-refractivity contribution in [2.75, 3.05) is 20.3 Å². The topological polar surface area (TPSA) is 245 Å². The molecule has 15 nitrogen and oxygen atoms in total. The lowest BCUT2D eigenvalue weighted by molar-refractivity contribution is -0.346. The smallest absolute Gasteiger partial charge is 0.305 e. The fourth-order valence-electron chi connectivity index (χ4n) is 11.8.